The molecule has 2 aliphatic heterocycles. The van der Waals surface area contributed by atoms with Crippen LogP contribution < -0.4 is 10.2 Å². The molecular weight excluding hydrogens is 428 g/mol. The van der Waals surface area contributed by atoms with Crippen molar-refractivity contribution in [3.63, 3.8) is 0 Å². The van der Waals surface area contributed by atoms with E-state index in [1.54, 1.807) is 17.2 Å². The molecule has 184 valence electrons. The molecule has 2 saturated heterocycles. The first-order chi connectivity index (χ1) is 16.1. The Morgan fingerprint density at radius 1 is 1.09 bits per heavy atom. The average Bonchev–Trinajstić information content (AvgIpc) is 3.04. The van der Waals surface area contributed by atoms with E-state index < -0.39 is 5.60 Å². The zero-order chi connectivity index (χ0) is 24.5. The number of benzene rings is 1. The number of ether oxygens (including phenoxy) is 1. The van der Waals surface area contributed by atoms with Crippen molar-refractivity contribution in [1.29, 1.82) is 0 Å². The van der Waals surface area contributed by atoms with Crippen molar-refractivity contribution in [2.45, 2.75) is 58.8 Å². The van der Waals surface area contributed by atoms with Gasteiger partial charge in [0.1, 0.15) is 11.4 Å². The normalized spacial score (nSPS) is 22.1. The largest absolute Gasteiger partial charge is 0.441 e. The van der Waals surface area contributed by atoms with E-state index in [1.165, 1.54) is 5.56 Å². The predicted molar refractivity (Wildman–Crippen MR) is 135 cm³/mol. The van der Waals surface area contributed by atoms with Crippen LogP contribution in [0.2, 0.25) is 0 Å². The van der Waals surface area contributed by atoms with Gasteiger partial charge in [-0.2, -0.15) is 4.98 Å². The number of anilines is 2. The van der Waals surface area contributed by atoms with Crippen molar-refractivity contribution in [3.05, 3.63) is 47.7 Å². The lowest BCUT2D eigenvalue weighted by molar-refractivity contribution is 0.0592. The van der Waals surface area contributed by atoms with Crippen LogP contribution in [0.15, 0.2) is 36.5 Å². The van der Waals surface area contributed by atoms with Gasteiger partial charge in [0.25, 0.3) is 0 Å². The van der Waals surface area contributed by atoms with Crippen LogP contribution >= 0.6 is 0 Å². The number of aromatic nitrogens is 2. The first-order valence-corrected chi connectivity index (χ1v) is 12.3. The highest BCUT2D eigenvalue weighted by molar-refractivity contribution is 5.90. The van der Waals surface area contributed by atoms with Gasteiger partial charge >= 0.3 is 6.09 Å². The average molecular weight is 467 g/mol. The van der Waals surface area contributed by atoms with Gasteiger partial charge in [0.15, 0.2) is 0 Å². The number of hydrogen-bond donors (Lipinski definition) is 1. The Labute approximate surface area is 203 Å². The van der Waals surface area contributed by atoms with Crippen LogP contribution in [0.3, 0.4) is 0 Å². The number of piperazine rings is 1. The van der Waals surface area contributed by atoms with Crippen LogP contribution in [0.25, 0.3) is 0 Å². The highest BCUT2D eigenvalue weighted by Gasteiger charge is 2.50. The summed E-state index contributed by atoms with van der Waals surface area (Å²) in [4.78, 5) is 28.3. The Morgan fingerprint density at radius 2 is 1.76 bits per heavy atom. The molecule has 1 N–H and O–H groups in total. The molecule has 0 bridgehead atoms. The third-order valence-electron chi connectivity index (χ3n) is 6.88. The number of likely N-dealkylation sites (N-methyl/N-ethyl adjacent to an activating group) is 1. The number of nitrogens with zero attached hydrogens (tertiary/aromatic N) is 5. The van der Waals surface area contributed by atoms with Crippen LogP contribution in [0, 0.1) is 5.92 Å². The van der Waals surface area contributed by atoms with E-state index in [2.05, 4.69) is 77.2 Å². The molecule has 2 fully saturated rings. The monoisotopic (exact) mass is 466 g/mol. The lowest BCUT2D eigenvalue weighted by Gasteiger charge is -2.32. The van der Waals surface area contributed by atoms with E-state index in [0.717, 1.165) is 38.3 Å². The fourth-order valence-electron chi connectivity index (χ4n) is 5.10. The number of rotatable bonds is 7. The first kappa shape index (κ1) is 24.4. The molecule has 0 spiro atoms. The van der Waals surface area contributed by atoms with Crippen molar-refractivity contribution in [2.75, 3.05) is 43.4 Å². The number of cyclic esters (lactones) is 1. The highest BCUT2D eigenvalue weighted by atomic mass is 16.6. The number of carbonyl (C=O) groups excluding carboxylic acids is 1. The summed E-state index contributed by atoms with van der Waals surface area (Å²) in [6.07, 6.45) is 1.32. The summed E-state index contributed by atoms with van der Waals surface area (Å²) in [5.74, 6) is 1.27. The number of amides is 1. The van der Waals surface area contributed by atoms with E-state index in [1.807, 2.05) is 13.8 Å². The van der Waals surface area contributed by atoms with Gasteiger partial charge in [-0.15, -0.1) is 0 Å². The molecule has 2 aromatic rings. The number of carbonyl (C=O) groups is 1. The maximum absolute atomic E-state index is 12.7. The van der Waals surface area contributed by atoms with Crippen LogP contribution in [0.5, 0.6) is 0 Å². The van der Waals surface area contributed by atoms with E-state index in [4.69, 9.17) is 4.74 Å². The molecular formula is C26H38N6O2. The summed E-state index contributed by atoms with van der Waals surface area (Å²) < 4.78 is 5.65. The third-order valence-corrected chi connectivity index (χ3v) is 6.88. The zero-order valence-corrected chi connectivity index (χ0v) is 21.3. The molecule has 0 aliphatic carbocycles. The summed E-state index contributed by atoms with van der Waals surface area (Å²) >= 11 is 0. The van der Waals surface area contributed by atoms with Gasteiger partial charge in [-0.05, 0) is 50.9 Å². The van der Waals surface area contributed by atoms with Crippen molar-refractivity contribution in [1.82, 2.24) is 19.8 Å². The molecule has 1 aromatic heterocycles. The molecule has 1 amide bonds. The van der Waals surface area contributed by atoms with E-state index in [9.17, 15) is 4.79 Å². The minimum Gasteiger partial charge on any atom is -0.441 e. The first-order valence-electron chi connectivity index (χ1n) is 12.3. The van der Waals surface area contributed by atoms with Gasteiger partial charge in [0, 0.05) is 38.9 Å². The summed E-state index contributed by atoms with van der Waals surface area (Å²) in [5.41, 5.74) is 1.91. The van der Waals surface area contributed by atoms with Crippen LogP contribution in [-0.2, 0) is 11.3 Å². The second-order valence-electron chi connectivity index (χ2n) is 10.5. The van der Waals surface area contributed by atoms with Crippen molar-refractivity contribution >= 4 is 17.9 Å². The quantitative estimate of drug-likeness (QED) is 0.657. The summed E-state index contributed by atoms with van der Waals surface area (Å²) in [7, 11) is 2.18. The lowest BCUT2D eigenvalue weighted by atomic mass is 9.89. The standard InChI is InChI=1S/C26H38N6O2/c1-18(2)23-26(4,5)34-25(33)32(23)22-11-12-27-24(29-22)28-19(3)21-9-7-20(8-10-21)17-31-15-13-30(6)14-16-31/h7-12,18-19,23H,13-17H2,1-6H3,(H,27,28,29)/t19-,23?/m0/s1. The summed E-state index contributed by atoms with van der Waals surface area (Å²) in [6, 6.07) is 10.4. The molecule has 4 rings (SSSR count). The van der Waals surface area contributed by atoms with Crippen LogP contribution in [0.1, 0.15) is 51.8 Å². The molecule has 1 aromatic carbocycles. The predicted octanol–water partition coefficient (Wildman–Crippen LogP) is 4.16. The molecule has 3 heterocycles. The number of hydrogen-bond acceptors (Lipinski definition) is 7. The summed E-state index contributed by atoms with van der Waals surface area (Å²) in [5, 5.41) is 3.39. The Kier molecular flexibility index (Phi) is 7.09. The molecule has 8 heteroatoms. The second-order valence-corrected chi connectivity index (χ2v) is 10.5. The van der Waals surface area contributed by atoms with Gasteiger partial charge < -0.3 is 15.0 Å². The maximum Gasteiger partial charge on any atom is 0.416 e. The molecule has 1 unspecified atom stereocenters. The van der Waals surface area contributed by atoms with Gasteiger partial charge in [-0.1, -0.05) is 38.1 Å². The smallest absolute Gasteiger partial charge is 0.416 e. The third kappa shape index (κ3) is 5.33. The van der Waals surface area contributed by atoms with Crippen molar-refractivity contribution < 1.29 is 9.53 Å². The van der Waals surface area contributed by atoms with Crippen molar-refractivity contribution in [2.24, 2.45) is 5.92 Å². The maximum atomic E-state index is 12.7. The molecule has 2 aliphatic rings. The molecule has 8 nitrogen and oxygen atoms in total. The molecule has 34 heavy (non-hydrogen) atoms. The Balaban J connectivity index is 1.42. The Bertz CT molecular complexity index is 985. The minimum absolute atomic E-state index is 0.0239. The fourth-order valence-corrected chi connectivity index (χ4v) is 5.10. The highest BCUT2D eigenvalue weighted by Crippen LogP contribution is 2.37. The van der Waals surface area contributed by atoms with Crippen LogP contribution in [-0.4, -0.2) is 70.7 Å². The fraction of sp³-hybridized carbons (Fsp3) is 0.577. The summed E-state index contributed by atoms with van der Waals surface area (Å²) in [6.45, 7) is 15.7. The molecule has 0 saturated carbocycles. The lowest BCUT2D eigenvalue weighted by Crippen LogP contribution is -2.45. The second kappa shape index (κ2) is 9.88. The van der Waals surface area contributed by atoms with Gasteiger partial charge in [-0.3, -0.25) is 9.80 Å². The van der Waals surface area contributed by atoms with Gasteiger partial charge in [0.05, 0.1) is 12.1 Å². The van der Waals surface area contributed by atoms with E-state index in [-0.39, 0.29) is 24.1 Å². The van der Waals surface area contributed by atoms with Crippen molar-refractivity contribution in [3.8, 4) is 0 Å². The zero-order valence-electron chi connectivity index (χ0n) is 21.3. The van der Waals surface area contributed by atoms with Crippen LogP contribution in [0.4, 0.5) is 16.6 Å². The molecule has 0 radical (unpaired) electrons. The van der Waals surface area contributed by atoms with E-state index in [0.29, 0.717) is 11.8 Å². The van der Waals surface area contributed by atoms with Gasteiger partial charge in [0.2, 0.25) is 5.95 Å². The van der Waals surface area contributed by atoms with E-state index >= 15 is 0 Å². The topological polar surface area (TPSA) is 73.8 Å². The number of nitrogens with one attached hydrogen (secondary N) is 1. The minimum atomic E-state index is -0.580. The SMILES string of the molecule is CC(C)C1N(c2ccnc(N[C@@H](C)c3ccc(CN4CCN(C)CC4)cc3)n2)C(=O)OC1(C)C. The Hall–Kier alpha value is -2.71. The Morgan fingerprint density at radius 3 is 2.41 bits per heavy atom. The molecule has 2 atom stereocenters. The van der Waals surface area contributed by atoms with Gasteiger partial charge in [-0.25, -0.2) is 9.78 Å².